The highest BCUT2D eigenvalue weighted by Gasteiger charge is 2.41. The Morgan fingerprint density at radius 1 is 1.12 bits per heavy atom. The average Bonchev–Trinajstić information content (AvgIpc) is 3.55. The fourth-order valence-corrected chi connectivity index (χ4v) is 6.04. The Balaban J connectivity index is 1.15. The van der Waals surface area contributed by atoms with Crippen LogP contribution < -0.4 is 15.0 Å². The third-order valence-corrected chi connectivity index (χ3v) is 8.27. The van der Waals surface area contributed by atoms with E-state index in [-0.39, 0.29) is 17.6 Å². The van der Waals surface area contributed by atoms with Crippen LogP contribution in [0.15, 0.2) is 67.8 Å². The van der Waals surface area contributed by atoms with Crippen molar-refractivity contribution in [1.29, 1.82) is 0 Å². The number of pyridine rings is 1. The van der Waals surface area contributed by atoms with E-state index in [0.717, 1.165) is 29.7 Å². The van der Waals surface area contributed by atoms with E-state index in [9.17, 15) is 4.79 Å². The van der Waals surface area contributed by atoms with Gasteiger partial charge in [-0.15, -0.1) is 0 Å². The van der Waals surface area contributed by atoms with Gasteiger partial charge >= 0.3 is 0 Å². The number of benzene rings is 2. The number of nitrogens with one attached hydrogen (secondary N) is 1. The molecule has 2 bridgehead atoms. The fraction of sp³-hybridized carbons (Fsp3) is 0.258. The maximum absolute atomic E-state index is 15.6. The molecule has 3 aromatic heterocycles. The summed E-state index contributed by atoms with van der Waals surface area (Å²) < 4.78 is 23.6. The van der Waals surface area contributed by atoms with Gasteiger partial charge in [-0.25, -0.2) is 24.3 Å². The van der Waals surface area contributed by atoms with Crippen molar-refractivity contribution < 1.29 is 13.9 Å². The minimum atomic E-state index is -0.449. The molecule has 5 aromatic rings. The molecule has 0 saturated carbocycles. The van der Waals surface area contributed by atoms with E-state index in [1.165, 1.54) is 12.4 Å². The van der Waals surface area contributed by atoms with Gasteiger partial charge in [0.2, 0.25) is 5.91 Å². The van der Waals surface area contributed by atoms with Crippen LogP contribution in [-0.4, -0.2) is 60.5 Å². The van der Waals surface area contributed by atoms with Gasteiger partial charge < -0.3 is 24.4 Å². The number of aromatic nitrogens is 5. The number of halogens is 1. The van der Waals surface area contributed by atoms with Crippen LogP contribution >= 0.6 is 0 Å². The molecular formula is C31H29FN8O2. The normalized spacial score (nSPS) is 18.1. The summed E-state index contributed by atoms with van der Waals surface area (Å²) in [5.41, 5.74) is 3.57. The summed E-state index contributed by atoms with van der Waals surface area (Å²) in [5, 5.41) is 3.13. The van der Waals surface area contributed by atoms with Gasteiger partial charge in [0, 0.05) is 37.8 Å². The number of carbonyl (C=O) groups excluding carboxylic acids is 1. The minimum absolute atomic E-state index is 0.0327. The fourth-order valence-electron chi connectivity index (χ4n) is 6.04. The van der Waals surface area contributed by atoms with Gasteiger partial charge in [0.15, 0.2) is 11.6 Å². The highest BCUT2D eigenvalue weighted by Crippen LogP contribution is 2.36. The molecule has 0 aliphatic carbocycles. The molecule has 10 nitrogen and oxygen atoms in total. The smallest absolute Gasteiger partial charge is 0.246 e. The van der Waals surface area contributed by atoms with Crippen molar-refractivity contribution in [2.45, 2.75) is 31.8 Å². The van der Waals surface area contributed by atoms with E-state index in [0.29, 0.717) is 53.0 Å². The SMILES string of the molecule is C=CC(=O)N1CC[C@@H]2C[C@H]1CN2c1ccc2ncnc(Nc3ccc(Oc4ccc5c(c4)ncn5C)c(C)c3F)c2n1. The molecular weight excluding hydrogens is 535 g/mol. The molecule has 0 radical (unpaired) electrons. The minimum Gasteiger partial charge on any atom is -0.457 e. The summed E-state index contributed by atoms with van der Waals surface area (Å²) >= 11 is 0. The van der Waals surface area contributed by atoms with Crippen LogP contribution in [0.4, 0.5) is 21.7 Å². The molecule has 1 N–H and O–H groups in total. The van der Waals surface area contributed by atoms with Gasteiger partial charge in [0.1, 0.15) is 29.2 Å². The van der Waals surface area contributed by atoms with Crippen molar-refractivity contribution in [1.82, 2.24) is 29.4 Å². The molecule has 5 heterocycles. The van der Waals surface area contributed by atoms with Gasteiger partial charge in [-0.3, -0.25) is 4.79 Å². The lowest BCUT2D eigenvalue weighted by Crippen LogP contribution is -2.43. The maximum Gasteiger partial charge on any atom is 0.246 e. The number of nitrogens with zero attached hydrogens (tertiary/aromatic N) is 7. The Morgan fingerprint density at radius 3 is 2.86 bits per heavy atom. The topological polar surface area (TPSA) is 101 Å². The van der Waals surface area contributed by atoms with Crippen LogP contribution in [0.25, 0.3) is 22.1 Å². The summed E-state index contributed by atoms with van der Waals surface area (Å²) in [5.74, 6) is 1.69. The molecule has 2 saturated heterocycles. The zero-order valence-corrected chi connectivity index (χ0v) is 23.3. The summed E-state index contributed by atoms with van der Waals surface area (Å²) in [6.45, 7) is 6.72. The second-order valence-corrected chi connectivity index (χ2v) is 10.8. The number of rotatable bonds is 6. The van der Waals surface area contributed by atoms with Crippen LogP contribution in [-0.2, 0) is 11.8 Å². The number of amides is 1. The Morgan fingerprint density at radius 2 is 2.00 bits per heavy atom. The number of imidazole rings is 1. The van der Waals surface area contributed by atoms with E-state index in [4.69, 9.17) is 9.72 Å². The monoisotopic (exact) mass is 564 g/mol. The molecule has 1 amide bonds. The van der Waals surface area contributed by atoms with E-state index in [1.54, 1.807) is 25.4 Å². The zero-order valence-electron chi connectivity index (χ0n) is 23.3. The number of carbonyl (C=O) groups is 1. The second kappa shape index (κ2) is 10.1. The van der Waals surface area contributed by atoms with Crippen molar-refractivity contribution in [2.24, 2.45) is 7.05 Å². The first-order chi connectivity index (χ1) is 20.4. The third kappa shape index (κ3) is 4.37. The lowest BCUT2D eigenvalue weighted by molar-refractivity contribution is -0.128. The van der Waals surface area contributed by atoms with E-state index < -0.39 is 5.82 Å². The number of ether oxygens (including phenoxy) is 1. The number of fused-ring (bicyclic) bond motifs is 4. The number of likely N-dealkylation sites (tertiary alicyclic amines) is 1. The summed E-state index contributed by atoms with van der Waals surface area (Å²) in [6.07, 6.45) is 6.31. The Kier molecular flexibility index (Phi) is 6.22. The van der Waals surface area contributed by atoms with Crippen LogP contribution in [0.5, 0.6) is 11.5 Å². The summed E-state index contributed by atoms with van der Waals surface area (Å²) in [7, 11) is 1.93. The summed E-state index contributed by atoms with van der Waals surface area (Å²) in [4.78, 5) is 34.5. The first kappa shape index (κ1) is 25.9. The number of aryl methyl sites for hydroxylation is 1. The third-order valence-electron chi connectivity index (χ3n) is 8.27. The van der Waals surface area contributed by atoms with Crippen LogP contribution in [0.1, 0.15) is 18.4 Å². The molecule has 212 valence electrons. The Bertz CT molecular complexity index is 1870. The first-order valence-corrected chi connectivity index (χ1v) is 13.9. The Hall–Kier alpha value is -5.06. The van der Waals surface area contributed by atoms with Crippen molar-refractivity contribution >= 4 is 45.3 Å². The lowest BCUT2D eigenvalue weighted by Gasteiger charge is -2.31. The molecule has 42 heavy (non-hydrogen) atoms. The van der Waals surface area contributed by atoms with E-state index >= 15 is 4.39 Å². The van der Waals surface area contributed by atoms with Gasteiger partial charge in [0.05, 0.1) is 34.6 Å². The predicted molar refractivity (Wildman–Crippen MR) is 159 cm³/mol. The van der Waals surface area contributed by atoms with Gasteiger partial charge in [0.25, 0.3) is 0 Å². The van der Waals surface area contributed by atoms with Gasteiger partial charge in [-0.1, -0.05) is 6.58 Å². The predicted octanol–water partition coefficient (Wildman–Crippen LogP) is 5.26. The van der Waals surface area contributed by atoms with Crippen molar-refractivity contribution in [3.05, 3.63) is 79.2 Å². The maximum atomic E-state index is 15.6. The van der Waals surface area contributed by atoms with Crippen LogP contribution in [0.3, 0.4) is 0 Å². The first-order valence-electron chi connectivity index (χ1n) is 13.9. The highest BCUT2D eigenvalue weighted by atomic mass is 19.1. The lowest BCUT2D eigenvalue weighted by atomic mass is 10.0. The average molecular weight is 565 g/mol. The van der Waals surface area contributed by atoms with Crippen LogP contribution in [0, 0.1) is 12.7 Å². The number of piperidine rings is 1. The second-order valence-electron chi connectivity index (χ2n) is 10.8. The molecule has 7 rings (SSSR count). The van der Waals surface area contributed by atoms with Crippen molar-refractivity contribution in [3.63, 3.8) is 0 Å². The molecule has 11 heteroatoms. The zero-order chi connectivity index (χ0) is 29.0. The number of hydrogen-bond acceptors (Lipinski definition) is 8. The highest BCUT2D eigenvalue weighted by molar-refractivity contribution is 5.89. The molecule has 2 fully saturated rings. The quantitative estimate of drug-likeness (QED) is 0.279. The van der Waals surface area contributed by atoms with Gasteiger partial charge in [-0.05, 0) is 62.2 Å². The van der Waals surface area contributed by atoms with Crippen LogP contribution in [0.2, 0.25) is 0 Å². The Labute approximate surface area is 241 Å². The number of anilines is 3. The van der Waals surface area contributed by atoms with E-state index in [2.05, 4.69) is 31.7 Å². The van der Waals surface area contributed by atoms with Gasteiger partial charge in [-0.2, -0.15) is 0 Å². The number of hydrogen-bond donors (Lipinski definition) is 1. The summed E-state index contributed by atoms with van der Waals surface area (Å²) in [6, 6.07) is 13.2. The van der Waals surface area contributed by atoms with Crippen molar-refractivity contribution in [3.8, 4) is 11.5 Å². The molecule has 2 atom stereocenters. The largest absolute Gasteiger partial charge is 0.457 e. The molecule has 0 unspecified atom stereocenters. The molecule has 2 aromatic carbocycles. The van der Waals surface area contributed by atoms with Crippen molar-refractivity contribution in [2.75, 3.05) is 23.3 Å². The molecule has 2 aliphatic heterocycles. The van der Waals surface area contributed by atoms with E-state index in [1.807, 2.05) is 46.8 Å². The molecule has 2 aliphatic rings. The standard InChI is InChI=1S/C31H29FN8O2/c1-4-28(41)39-12-11-19-13-20(39)15-40(19)27-10-7-23-30(37-27)31(34-16-33-23)36-22-6-9-26(18(2)29(22)32)42-21-5-8-25-24(14-21)35-17-38(25)3/h4-10,14,16-17,19-20H,1,11-13,15H2,2-3H3,(H,33,34,36)/t19-,20+/m1/s1. The molecule has 0 spiro atoms.